The van der Waals surface area contributed by atoms with Crippen molar-refractivity contribution in [3.63, 3.8) is 0 Å². The first-order valence-corrected chi connectivity index (χ1v) is 6.56. The van der Waals surface area contributed by atoms with Crippen molar-refractivity contribution in [3.05, 3.63) is 35.1 Å². The fourth-order valence-electron chi connectivity index (χ4n) is 2.11. The maximum atomic E-state index is 13.2. The van der Waals surface area contributed by atoms with E-state index in [0.29, 0.717) is 5.56 Å². The Balaban J connectivity index is 2.84. The molecule has 0 saturated carbocycles. The number of halogens is 3. The highest BCUT2D eigenvalue weighted by atomic mass is 19.2. The van der Waals surface area contributed by atoms with Gasteiger partial charge in [0.1, 0.15) is 0 Å². The van der Waals surface area contributed by atoms with E-state index in [1.54, 1.807) is 0 Å². The van der Waals surface area contributed by atoms with E-state index in [2.05, 4.69) is 6.92 Å². The van der Waals surface area contributed by atoms with Crippen LogP contribution in [0.5, 0.6) is 0 Å². The van der Waals surface area contributed by atoms with E-state index in [1.165, 1.54) is 0 Å². The number of nitrogens with two attached hydrogens (primary N) is 1. The largest absolute Gasteiger partial charge is 0.329 e. The molecule has 0 aromatic heterocycles. The van der Waals surface area contributed by atoms with Crippen LogP contribution in [0.4, 0.5) is 13.2 Å². The minimum Gasteiger partial charge on any atom is -0.329 e. The maximum absolute atomic E-state index is 13.2. The minimum atomic E-state index is -1.44. The predicted octanol–water partition coefficient (Wildman–Crippen LogP) is 3.23. The van der Waals surface area contributed by atoms with Crippen molar-refractivity contribution in [3.8, 4) is 0 Å². The van der Waals surface area contributed by atoms with E-state index in [9.17, 15) is 13.2 Å². The molecule has 0 aliphatic carbocycles. The summed E-state index contributed by atoms with van der Waals surface area (Å²) >= 11 is 0. The van der Waals surface area contributed by atoms with Crippen LogP contribution in [0.2, 0.25) is 0 Å². The van der Waals surface area contributed by atoms with Gasteiger partial charge in [-0.2, -0.15) is 0 Å². The zero-order chi connectivity index (χ0) is 14.4. The molecule has 5 heteroatoms. The fraction of sp³-hybridized carbons (Fsp3) is 0.571. The second kappa shape index (κ2) is 7.50. The van der Waals surface area contributed by atoms with Gasteiger partial charge in [0.25, 0.3) is 0 Å². The average Bonchev–Trinajstić information content (AvgIpc) is 2.37. The Labute approximate surface area is 112 Å². The lowest BCUT2D eigenvalue weighted by Gasteiger charge is -2.27. The number of unbranched alkanes of at least 4 members (excludes halogenated alkanes) is 2. The van der Waals surface area contributed by atoms with Crippen LogP contribution in [0, 0.1) is 17.5 Å². The third-order valence-electron chi connectivity index (χ3n) is 3.26. The summed E-state index contributed by atoms with van der Waals surface area (Å²) in [5.41, 5.74) is 6.04. The number of rotatable bonds is 7. The molecule has 1 unspecified atom stereocenters. The van der Waals surface area contributed by atoms with E-state index in [-0.39, 0.29) is 12.6 Å². The summed E-state index contributed by atoms with van der Waals surface area (Å²) < 4.78 is 39.4. The van der Waals surface area contributed by atoms with Gasteiger partial charge in [-0.3, -0.25) is 4.90 Å². The predicted molar refractivity (Wildman–Crippen MR) is 70.3 cm³/mol. The second-order valence-electron chi connectivity index (χ2n) is 4.74. The van der Waals surface area contributed by atoms with Crippen molar-refractivity contribution < 1.29 is 13.2 Å². The molecule has 1 aromatic rings. The second-order valence-corrected chi connectivity index (χ2v) is 4.74. The van der Waals surface area contributed by atoms with Crippen molar-refractivity contribution in [1.82, 2.24) is 4.90 Å². The molecule has 0 saturated heterocycles. The van der Waals surface area contributed by atoms with Gasteiger partial charge < -0.3 is 5.73 Å². The van der Waals surface area contributed by atoms with Crippen LogP contribution >= 0.6 is 0 Å². The van der Waals surface area contributed by atoms with Crippen LogP contribution in [0.1, 0.15) is 37.8 Å². The lowest BCUT2D eigenvalue weighted by atomic mass is 10.0. The molecule has 2 nitrogen and oxygen atoms in total. The molecule has 108 valence electrons. The molecule has 0 spiro atoms. The normalized spacial score (nSPS) is 13.0. The molecule has 0 amide bonds. The van der Waals surface area contributed by atoms with Crippen molar-refractivity contribution in [2.24, 2.45) is 5.73 Å². The Kier molecular flexibility index (Phi) is 6.31. The van der Waals surface area contributed by atoms with Gasteiger partial charge in [-0.1, -0.05) is 19.8 Å². The molecule has 0 fully saturated rings. The molecule has 1 rings (SSSR count). The average molecular weight is 274 g/mol. The molecular formula is C14H21F3N2. The third kappa shape index (κ3) is 4.21. The molecule has 0 bridgehead atoms. The van der Waals surface area contributed by atoms with Gasteiger partial charge in [0, 0.05) is 12.6 Å². The monoisotopic (exact) mass is 274 g/mol. The summed E-state index contributed by atoms with van der Waals surface area (Å²) in [6.07, 6.45) is 3.18. The highest BCUT2D eigenvalue weighted by Gasteiger charge is 2.19. The third-order valence-corrected chi connectivity index (χ3v) is 3.26. The van der Waals surface area contributed by atoms with Crippen LogP contribution in [-0.2, 0) is 0 Å². The molecule has 0 aliphatic rings. The Morgan fingerprint density at radius 1 is 1.16 bits per heavy atom. The van der Waals surface area contributed by atoms with E-state index in [4.69, 9.17) is 5.73 Å². The Bertz CT molecular complexity index is 387. The van der Waals surface area contributed by atoms with Crippen molar-refractivity contribution in [1.29, 1.82) is 0 Å². The van der Waals surface area contributed by atoms with Gasteiger partial charge in [-0.25, -0.2) is 13.2 Å². The minimum absolute atomic E-state index is 0.229. The van der Waals surface area contributed by atoms with Crippen LogP contribution in [0.15, 0.2) is 12.1 Å². The van der Waals surface area contributed by atoms with Crippen molar-refractivity contribution in [2.45, 2.75) is 32.2 Å². The van der Waals surface area contributed by atoms with E-state index in [1.807, 2.05) is 11.9 Å². The van der Waals surface area contributed by atoms with Crippen LogP contribution < -0.4 is 5.73 Å². The zero-order valence-electron chi connectivity index (χ0n) is 11.4. The Morgan fingerprint density at radius 3 is 2.21 bits per heavy atom. The first kappa shape index (κ1) is 16.0. The SMILES string of the molecule is CCCCCN(C)C(CN)c1cc(F)c(F)c(F)c1. The highest BCUT2D eigenvalue weighted by molar-refractivity contribution is 5.23. The first-order chi connectivity index (χ1) is 9.01. The van der Waals surface area contributed by atoms with E-state index >= 15 is 0 Å². The summed E-state index contributed by atoms with van der Waals surface area (Å²) in [5, 5.41) is 0. The molecular weight excluding hydrogens is 253 g/mol. The molecule has 0 aliphatic heterocycles. The number of hydrogen-bond donors (Lipinski definition) is 1. The topological polar surface area (TPSA) is 29.3 Å². The van der Waals surface area contributed by atoms with Gasteiger partial charge in [-0.15, -0.1) is 0 Å². The maximum Gasteiger partial charge on any atom is 0.194 e. The van der Waals surface area contributed by atoms with Gasteiger partial charge in [0.15, 0.2) is 17.5 Å². The van der Waals surface area contributed by atoms with Crippen molar-refractivity contribution >= 4 is 0 Å². The van der Waals surface area contributed by atoms with Gasteiger partial charge in [0.05, 0.1) is 0 Å². The van der Waals surface area contributed by atoms with Gasteiger partial charge in [0.2, 0.25) is 0 Å². The van der Waals surface area contributed by atoms with E-state index < -0.39 is 17.5 Å². The fourth-order valence-corrected chi connectivity index (χ4v) is 2.11. The van der Waals surface area contributed by atoms with E-state index in [0.717, 1.165) is 37.9 Å². The molecule has 0 radical (unpaired) electrons. The quantitative estimate of drug-likeness (QED) is 0.611. The first-order valence-electron chi connectivity index (χ1n) is 6.56. The number of likely N-dealkylation sites (N-methyl/N-ethyl adjacent to an activating group) is 1. The summed E-state index contributed by atoms with van der Waals surface area (Å²) in [5.74, 6) is -3.78. The van der Waals surface area contributed by atoms with Crippen LogP contribution in [0.25, 0.3) is 0 Å². The van der Waals surface area contributed by atoms with Gasteiger partial charge in [-0.05, 0) is 37.7 Å². The summed E-state index contributed by atoms with van der Waals surface area (Å²) in [6, 6.07) is 1.74. The summed E-state index contributed by atoms with van der Waals surface area (Å²) in [4.78, 5) is 1.95. The number of benzene rings is 1. The lowest BCUT2D eigenvalue weighted by molar-refractivity contribution is 0.243. The molecule has 1 atom stereocenters. The van der Waals surface area contributed by atoms with Crippen molar-refractivity contribution in [2.75, 3.05) is 20.1 Å². The Morgan fingerprint density at radius 2 is 1.74 bits per heavy atom. The number of nitrogens with zero attached hydrogens (tertiary/aromatic N) is 1. The smallest absolute Gasteiger partial charge is 0.194 e. The molecule has 19 heavy (non-hydrogen) atoms. The van der Waals surface area contributed by atoms with Gasteiger partial charge >= 0.3 is 0 Å². The molecule has 1 aromatic carbocycles. The lowest BCUT2D eigenvalue weighted by Crippen LogP contribution is -2.31. The summed E-state index contributed by atoms with van der Waals surface area (Å²) in [7, 11) is 1.85. The van der Waals surface area contributed by atoms with Crippen LogP contribution in [-0.4, -0.2) is 25.0 Å². The summed E-state index contributed by atoms with van der Waals surface area (Å²) in [6.45, 7) is 3.12. The Hall–Kier alpha value is -1.07. The standard InChI is InChI=1S/C14H21F3N2/c1-3-4-5-6-19(2)13(9-18)10-7-11(15)14(17)12(16)8-10/h7-8,13H,3-6,9,18H2,1-2H3. The highest BCUT2D eigenvalue weighted by Crippen LogP contribution is 2.23. The van der Waals surface area contributed by atoms with Crippen LogP contribution in [0.3, 0.4) is 0 Å². The zero-order valence-corrected chi connectivity index (χ0v) is 11.4. The molecule has 2 N–H and O–H groups in total. The molecule has 0 heterocycles. The number of hydrogen-bond acceptors (Lipinski definition) is 2.